The zero-order valence-corrected chi connectivity index (χ0v) is 9.59. The van der Waals surface area contributed by atoms with Crippen molar-refractivity contribution in [2.45, 2.75) is 6.42 Å². The van der Waals surface area contributed by atoms with Gasteiger partial charge in [-0.05, 0) is 29.9 Å². The third-order valence-electron chi connectivity index (χ3n) is 1.94. The van der Waals surface area contributed by atoms with Crippen molar-refractivity contribution >= 4 is 12.6 Å². The van der Waals surface area contributed by atoms with Gasteiger partial charge in [0.2, 0.25) is 0 Å². The molecule has 2 nitrogen and oxygen atoms in total. The molecule has 0 aliphatic heterocycles. The molecule has 0 saturated heterocycles. The second-order valence-corrected chi connectivity index (χ2v) is 3.40. The van der Waals surface area contributed by atoms with Crippen LogP contribution in [0.3, 0.4) is 0 Å². The normalized spacial score (nSPS) is 9.40. The highest BCUT2D eigenvalue weighted by Crippen LogP contribution is 2.28. The van der Waals surface area contributed by atoms with Crippen molar-refractivity contribution in [3.63, 3.8) is 0 Å². The van der Waals surface area contributed by atoms with Crippen molar-refractivity contribution < 1.29 is 9.47 Å². The Morgan fingerprint density at radius 3 is 2.80 bits per heavy atom. The Bertz CT molecular complexity index is 355. The van der Waals surface area contributed by atoms with E-state index in [1.807, 2.05) is 18.2 Å². The number of thiol groups is 1. The largest absolute Gasteiger partial charge is 0.493 e. The van der Waals surface area contributed by atoms with Gasteiger partial charge < -0.3 is 9.47 Å². The molecule has 0 atom stereocenters. The summed E-state index contributed by atoms with van der Waals surface area (Å²) in [6, 6.07) is 5.81. The number of benzene rings is 1. The van der Waals surface area contributed by atoms with Crippen LogP contribution in [-0.2, 0) is 6.42 Å². The van der Waals surface area contributed by atoms with Crippen LogP contribution in [0.4, 0.5) is 0 Å². The van der Waals surface area contributed by atoms with Gasteiger partial charge in [0, 0.05) is 0 Å². The molecule has 3 heteroatoms. The van der Waals surface area contributed by atoms with Crippen LogP contribution in [0.1, 0.15) is 5.56 Å². The predicted molar refractivity (Wildman–Crippen MR) is 64.9 cm³/mol. The van der Waals surface area contributed by atoms with Gasteiger partial charge in [-0.3, -0.25) is 0 Å². The van der Waals surface area contributed by atoms with Crippen molar-refractivity contribution in [1.29, 1.82) is 0 Å². The summed E-state index contributed by atoms with van der Waals surface area (Å²) >= 11 is 4.18. The minimum Gasteiger partial charge on any atom is -0.493 e. The topological polar surface area (TPSA) is 18.5 Å². The molecule has 0 unspecified atom stereocenters. The molecule has 0 saturated carbocycles. The van der Waals surface area contributed by atoms with E-state index in [4.69, 9.17) is 15.9 Å². The Morgan fingerprint density at radius 1 is 1.40 bits per heavy atom. The average molecular weight is 222 g/mol. The fourth-order valence-electron chi connectivity index (χ4n) is 1.24. The minimum absolute atomic E-state index is 0.251. The molecule has 0 heterocycles. The zero-order chi connectivity index (χ0) is 11.1. The molecule has 0 aliphatic rings. The van der Waals surface area contributed by atoms with Crippen LogP contribution in [0.5, 0.6) is 11.5 Å². The predicted octanol–water partition coefficient (Wildman–Crippen LogP) is 2.18. The summed E-state index contributed by atoms with van der Waals surface area (Å²) in [6.45, 7) is 0.251. The Balaban J connectivity index is 2.87. The molecule has 1 aromatic carbocycles. The Labute approximate surface area is 96.0 Å². The number of hydrogen-bond donors (Lipinski definition) is 1. The summed E-state index contributed by atoms with van der Waals surface area (Å²) in [4.78, 5) is 0. The van der Waals surface area contributed by atoms with Crippen LogP contribution in [0.2, 0.25) is 0 Å². The maximum absolute atomic E-state index is 5.38. The lowest BCUT2D eigenvalue weighted by Crippen LogP contribution is -1.98. The number of ether oxygens (including phenoxy) is 2. The van der Waals surface area contributed by atoms with E-state index in [-0.39, 0.29) is 6.61 Å². The second kappa shape index (κ2) is 6.26. The molecule has 15 heavy (non-hydrogen) atoms. The van der Waals surface area contributed by atoms with E-state index >= 15 is 0 Å². The average Bonchev–Trinajstić information content (AvgIpc) is 2.27. The third-order valence-corrected chi connectivity index (χ3v) is 2.16. The van der Waals surface area contributed by atoms with E-state index in [1.54, 1.807) is 7.11 Å². The summed E-state index contributed by atoms with van der Waals surface area (Å²) < 4.78 is 10.5. The lowest BCUT2D eigenvalue weighted by atomic mass is 10.1. The molecule has 80 valence electrons. The zero-order valence-electron chi connectivity index (χ0n) is 8.69. The molecule has 0 aromatic heterocycles. The van der Waals surface area contributed by atoms with E-state index in [1.165, 1.54) is 0 Å². The number of aryl methyl sites for hydroxylation is 1. The molecule has 1 aromatic rings. The molecule has 0 radical (unpaired) electrons. The third kappa shape index (κ3) is 3.41. The van der Waals surface area contributed by atoms with Crippen LogP contribution in [0, 0.1) is 12.3 Å². The van der Waals surface area contributed by atoms with Gasteiger partial charge in [-0.1, -0.05) is 12.0 Å². The second-order valence-electron chi connectivity index (χ2n) is 2.95. The van der Waals surface area contributed by atoms with Gasteiger partial charge in [-0.2, -0.15) is 12.6 Å². The van der Waals surface area contributed by atoms with E-state index in [0.29, 0.717) is 11.5 Å². The molecule has 0 fully saturated rings. The fraction of sp³-hybridized carbons (Fsp3) is 0.333. The number of hydrogen-bond acceptors (Lipinski definition) is 3. The monoisotopic (exact) mass is 222 g/mol. The molecular weight excluding hydrogens is 208 g/mol. The van der Waals surface area contributed by atoms with E-state index in [2.05, 4.69) is 18.5 Å². The molecule has 0 aliphatic carbocycles. The van der Waals surface area contributed by atoms with Gasteiger partial charge in [-0.15, -0.1) is 6.42 Å². The molecule has 0 spiro atoms. The van der Waals surface area contributed by atoms with Gasteiger partial charge in [-0.25, -0.2) is 0 Å². The summed E-state index contributed by atoms with van der Waals surface area (Å²) in [5, 5.41) is 0. The molecule has 0 amide bonds. The highest BCUT2D eigenvalue weighted by Gasteiger charge is 2.04. The summed E-state index contributed by atoms with van der Waals surface area (Å²) in [5.74, 6) is 4.62. The standard InChI is InChI=1S/C12H14O2S/c1-3-7-14-12-9-10(6-8-15)4-5-11(12)13-2/h1,4-5,9,15H,6-8H2,2H3. The van der Waals surface area contributed by atoms with Crippen molar-refractivity contribution in [3.05, 3.63) is 23.8 Å². The molecular formula is C12H14O2S. The van der Waals surface area contributed by atoms with Crippen LogP contribution in [-0.4, -0.2) is 19.5 Å². The number of terminal acetylenes is 1. The van der Waals surface area contributed by atoms with Crippen molar-refractivity contribution in [2.75, 3.05) is 19.5 Å². The van der Waals surface area contributed by atoms with Gasteiger partial charge in [0.25, 0.3) is 0 Å². The number of methoxy groups -OCH3 is 1. The maximum Gasteiger partial charge on any atom is 0.162 e. The summed E-state index contributed by atoms with van der Waals surface area (Å²) in [7, 11) is 1.61. The number of rotatable bonds is 5. The molecule has 0 bridgehead atoms. The van der Waals surface area contributed by atoms with Crippen molar-refractivity contribution in [1.82, 2.24) is 0 Å². The lowest BCUT2D eigenvalue weighted by molar-refractivity contribution is 0.330. The van der Waals surface area contributed by atoms with Crippen LogP contribution < -0.4 is 9.47 Å². The van der Waals surface area contributed by atoms with E-state index in [9.17, 15) is 0 Å². The SMILES string of the molecule is C#CCOc1cc(CCS)ccc1OC. The first-order valence-electron chi connectivity index (χ1n) is 4.66. The molecule has 1 rings (SSSR count). The highest BCUT2D eigenvalue weighted by molar-refractivity contribution is 7.80. The van der Waals surface area contributed by atoms with Crippen LogP contribution in [0.25, 0.3) is 0 Å². The van der Waals surface area contributed by atoms with Gasteiger partial charge in [0.05, 0.1) is 7.11 Å². The summed E-state index contributed by atoms with van der Waals surface area (Å²) in [5.41, 5.74) is 1.16. The first kappa shape index (κ1) is 11.8. The van der Waals surface area contributed by atoms with Crippen molar-refractivity contribution in [2.24, 2.45) is 0 Å². The lowest BCUT2D eigenvalue weighted by Gasteiger charge is -2.10. The minimum atomic E-state index is 0.251. The van der Waals surface area contributed by atoms with Crippen molar-refractivity contribution in [3.8, 4) is 23.8 Å². The van der Waals surface area contributed by atoms with Crippen LogP contribution >= 0.6 is 12.6 Å². The fourth-order valence-corrected chi connectivity index (χ4v) is 1.50. The first-order chi connectivity index (χ1) is 7.31. The van der Waals surface area contributed by atoms with Gasteiger partial charge >= 0.3 is 0 Å². The maximum atomic E-state index is 5.38. The van der Waals surface area contributed by atoms with Gasteiger partial charge in [0.15, 0.2) is 11.5 Å². The van der Waals surface area contributed by atoms with E-state index in [0.717, 1.165) is 17.7 Å². The van der Waals surface area contributed by atoms with E-state index < -0.39 is 0 Å². The van der Waals surface area contributed by atoms with Gasteiger partial charge in [0.1, 0.15) is 6.61 Å². The summed E-state index contributed by atoms with van der Waals surface area (Å²) in [6.07, 6.45) is 6.04. The quantitative estimate of drug-likeness (QED) is 0.608. The highest BCUT2D eigenvalue weighted by atomic mass is 32.1. The molecule has 0 N–H and O–H groups in total. The Hall–Kier alpha value is -1.27. The van der Waals surface area contributed by atoms with Crippen LogP contribution in [0.15, 0.2) is 18.2 Å². The smallest absolute Gasteiger partial charge is 0.162 e. The first-order valence-corrected chi connectivity index (χ1v) is 5.29. The Kier molecular flexibility index (Phi) is 4.92. The Morgan fingerprint density at radius 2 is 2.20 bits per heavy atom.